The molecule has 2 aromatic carbocycles. The number of aryl methyl sites for hydroxylation is 1. The van der Waals surface area contributed by atoms with Crippen molar-refractivity contribution in [2.75, 3.05) is 24.2 Å². The lowest BCUT2D eigenvalue weighted by molar-refractivity contribution is 0.0927. The molecule has 1 saturated heterocycles. The zero-order valence-electron chi connectivity index (χ0n) is 19.5. The fraction of sp³-hybridized carbons (Fsp3) is 0.280. The average molecular weight is 491 g/mol. The van der Waals surface area contributed by atoms with Crippen molar-refractivity contribution < 1.29 is 13.2 Å². The second-order valence-electron chi connectivity index (χ2n) is 8.76. The molecule has 0 radical (unpaired) electrons. The Morgan fingerprint density at radius 2 is 1.66 bits per heavy atom. The molecule has 35 heavy (non-hydrogen) atoms. The number of aromatic nitrogens is 4. The summed E-state index contributed by atoms with van der Waals surface area (Å²) in [4.78, 5) is 15.1. The summed E-state index contributed by atoms with van der Waals surface area (Å²) in [7, 11) is -1.62. The molecule has 1 amide bonds. The molecular formula is C25H26N6O3S. The third-order valence-corrected chi connectivity index (χ3v) is 7.55. The first kappa shape index (κ1) is 23.0. The number of nitrogens with zero attached hydrogens (tertiary/aromatic N) is 5. The number of hydrogen-bond acceptors (Lipinski definition) is 7. The van der Waals surface area contributed by atoms with Crippen molar-refractivity contribution in [1.29, 1.82) is 0 Å². The first-order valence-corrected chi connectivity index (χ1v) is 13.3. The fourth-order valence-corrected chi connectivity index (χ4v) is 5.48. The molecule has 180 valence electrons. The van der Waals surface area contributed by atoms with Gasteiger partial charge in [-0.25, -0.2) is 8.42 Å². The Kier molecular flexibility index (Phi) is 5.98. The number of benzene rings is 2. The van der Waals surface area contributed by atoms with E-state index in [9.17, 15) is 13.2 Å². The van der Waals surface area contributed by atoms with E-state index in [4.69, 9.17) is 0 Å². The maximum atomic E-state index is 12.9. The molecule has 10 heteroatoms. The highest BCUT2D eigenvalue weighted by Crippen LogP contribution is 2.32. The van der Waals surface area contributed by atoms with E-state index in [1.165, 1.54) is 6.07 Å². The molecule has 0 unspecified atom stereocenters. The van der Waals surface area contributed by atoms with Crippen LogP contribution in [0, 0.1) is 0 Å². The Bertz CT molecular complexity index is 1510. The second kappa shape index (κ2) is 9.10. The number of carbonyl (C=O) groups is 1. The van der Waals surface area contributed by atoms with Crippen LogP contribution in [0.4, 0.5) is 5.82 Å². The van der Waals surface area contributed by atoms with E-state index in [1.54, 1.807) is 29.1 Å². The van der Waals surface area contributed by atoms with E-state index in [0.717, 1.165) is 34.2 Å². The Morgan fingerprint density at radius 1 is 0.971 bits per heavy atom. The van der Waals surface area contributed by atoms with E-state index in [-0.39, 0.29) is 22.4 Å². The first-order valence-electron chi connectivity index (χ1n) is 11.4. The van der Waals surface area contributed by atoms with Gasteiger partial charge in [-0.2, -0.15) is 5.10 Å². The molecule has 1 aliphatic heterocycles. The molecule has 0 aliphatic carbocycles. The number of fused-ring (bicyclic) bond motifs is 1. The standard InChI is InChI=1S/C25H26N6O3S/c1-30-21(11-14-26-30)23-18-7-3-4-8-19(18)24(29-28-23)31-15-12-17(13-16-31)27-25(32)20-9-5-6-10-22(20)35(2,33)34/h3-11,14,17H,12-13,15-16H2,1-2H3,(H,27,32). The van der Waals surface area contributed by atoms with Gasteiger partial charge in [-0.05, 0) is 31.0 Å². The molecule has 5 rings (SSSR count). The van der Waals surface area contributed by atoms with Crippen LogP contribution in [0.1, 0.15) is 23.2 Å². The summed E-state index contributed by atoms with van der Waals surface area (Å²) in [5, 5.41) is 18.4. The van der Waals surface area contributed by atoms with E-state index in [0.29, 0.717) is 25.9 Å². The van der Waals surface area contributed by atoms with Crippen molar-refractivity contribution in [3.05, 3.63) is 66.4 Å². The lowest BCUT2D eigenvalue weighted by atomic mass is 10.0. The van der Waals surface area contributed by atoms with Crippen LogP contribution in [0.25, 0.3) is 22.2 Å². The summed E-state index contributed by atoms with van der Waals surface area (Å²) in [6.45, 7) is 1.39. The highest BCUT2D eigenvalue weighted by molar-refractivity contribution is 7.90. The number of piperidine rings is 1. The quantitative estimate of drug-likeness (QED) is 0.458. The Labute approximate surface area is 203 Å². The van der Waals surface area contributed by atoms with E-state index >= 15 is 0 Å². The SMILES string of the molecule is Cn1nccc1-c1nnc(N2CCC(NC(=O)c3ccccc3S(C)(=O)=O)CC2)c2ccccc12. The smallest absolute Gasteiger partial charge is 0.252 e. The van der Waals surface area contributed by atoms with Crippen LogP contribution in [-0.4, -0.2) is 59.7 Å². The fourth-order valence-electron chi connectivity index (χ4n) is 4.60. The van der Waals surface area contributed by atoms with Gasteiger partial charge < -0.3 is 10.2 Å². The van der Waals surface area contributed by atoms with Gasteiger partial charge in [0.1, 0.15) is 5.69 Å². The second-order valence-corrected chi connectivity index (χ2v) is 10.7. The normalized spacial score (nSPS) is 14.9. The topological polar surface area (TPSA) is 110 Å². The molecule has 0 bridgehead atoms. The number of amides is 1. The summed E-state index contributed by atoms with van der Waals surface area (Å²) in [6, 6.07) is 16.2. The van der Waals surface area contributed by atoms with Crippen LogP contribution in [0.15, 0.2) is 65.7 Å². The zero-order chi connectivity index (χ0) is 24.6. The third kappa shape index (κ3) is 4.49. The van der Waals surface area contributed by atoms with E-state index in [2.05, 4.69) is 31.6 Å². The van der Waals surface area contributed by atoms with E-state index in [1.807, 2.05) is 31.3 Å². The highest BCUT2D eigenvalue weighted by atomic mass is 32.2. The van der Waals surface area contributed by atoms with Crippen molar-refractivity contribution in [3.63, 3.8) is 0 Å². The van der Waals surface area contributed by atoms with Crippen LogP contribution < -0.4 is 10.2 Å². The van der Waals surface area contributed by atoms with Gasteiger partial charge in [0.05, 0.1) is 16.2 Å². The predicted molar refractivity (Wildman–Crippen MR) is 134 cm³/mol. The molecule has 1 fully saturated rings. The van der Waals surface area contributed by atoms with Gasteiger partial charge >= 0.3 is 0 Å². The summed E-state index contributed by atoms with van der Waals surface area (Å²) >= 11 is 0. The molecule has 2 aromatic heterocycles. The molecular weight excluding hydrogens is 464 g/mol. The van der Waals surface area contributed by atoms with Crippen LogP contribution in [-0.2, 0) is 16.9 Å². The van der Waals surface area contributed by atoms with Gasteiger partial charge in [0.2, 0.25) is 0 Å². The highest BCUT2D eigenvalue weighted by Gasteiger charge is 2.26. The van der Waals surface area contributed by atoms with Crippen molar-refractivity contribution in [3.8, 4) is 11.4 Å². The van der Waals surface area contributed by atoms with Gasteiger partial charge in [-0.3, -0.25) is 9.48 Å². The summed E-state index contributed by atoms with van der Waals surface area (Å²) < 4.78 is 25.9. The van der Waals surface area contributed by atoms with Crippen molar-refractivity contribution in [2.45, 2.75) is 23.8 Å². The predicted octanol–water partition coefficient (Wildman–Crippen LogP) is 2.83. The maximum absolute atomic E-state index is 12.9. The number of anilines is 1. The van der Waals surface area contributed by atoms with Crippen molar-refractivity contribution in [2.24, 2.45) is 7.05 Å². The van der Waals surface area contributed by atoms with Crippen LogP contribution in [0.2, 0.25) is 0 Å². The molecule has 0 atom stereocenters. The number of hydrogen-bond donors (Lipinski definition) is 1. The minimum Gasteiger partial charge on any atom is -0.354 e. The van der Waals surface area contributed by atoms with Gasteiger partial charge in [0.15, 0.2) is 15.7 Å². The molecule has 1 aliphatic rings. The number of sulfone groups is 1. The van der Waals surface area contributed by atoms with Crippen molar-refractivity contribution in [1.82, 2.24) is 25.3 Å². The minimum atomic E-state index is -3.50. The van der Waals surface area contributed by atoms with Crippen LogP contribution >= 0.6 is 0 Å². The van der Waals surface area contributed by atoms with Crippen LogP contribution in [0.3, 0.4) is 0 Å². The summed E-state index contributed by atoms with van der Waals surface area (Å²) in [5.41, 5.74) is 1.87. The Hall–Kier alpha value is -3.79. The molecule has 3 heterocycles. The van der Waals surface area contributed by atoms with E-state index < -0.39 is 9.84 Å². The Balaban J connectivity index is 1.33. The van der Waals surface area contributed by atoms with Gasteiger partial charge in [-0.1, -0.05) is 36.4 Å². The number of rotatable bonds is 5. The number of carbonyl (C=O) groups excluding carboxylic acids is 1. The molecule has 9 nitrogen and oxygen atoms in total. The monoisotopic (exact) mass is 490 g/mol. The Morgan fingerprint density at radius 3 is 2.34 bits per heavy atom. The van der Waals surface area contributed by atoms with Crippen LogP contribution in [0.5, 0.6) is 0 Å². The molecule has 0 spiro atoms. The molecule has 4 aromatic rings. The minimum absolute atomic E-state index is 0.0465. The summed E-state index contributed by atoms with van der Waals surface area (Å²) in [6.07, 6.45) is 4.29. The zero-order valence-corrected chi connectivity index (χ0v) is 20.4. The third-order valence-electron chi connectivity index (χ3n) is 6.39. The largest absolute Gasteiger partial charge is 0.354 e. The van der Waals surface area contributed by atoms with Gasteiger partial charge in [0.25, 0.3) is 5.91 Å². The molecule has 0 saturated carbocycles. The van der Waals surface area contributed by atoms with Crippen molar-refractivity contribution >= 4 is 32.3 Å². The lowest BCUT2D eigenvalue weighted by Crippen LogP contribution is -2.45. The number of nitrogens with one attached hydrogen (secondary N) is 1. The molecule has 1 N–H and O–H groups in total. The lowest BCUT2D eigenvalue weighted by Gasteiger charge is -2.33. The summed E-state index contributed by atoms with van der Waals surface area (Å²) in [5.74, 6) is 0.453. The van der Waals surface area contributed by atoms with Gasteiger partial charge in [-0.15, -0.1) is 10.2 Å². The average Bonchev–Trinajstić information content (AvgIpc) is 3.29. The first-order chi connectivity index (χ1) is 16.8. The maximum Gasteiger partial charge on any atom is 0.252 e. The van der Waals surface area contributed by atoms with Gasteiger partial charge in [0, 0.05) is 49.4 Å².